The molecule has 1 aliphatic rings. The average molecular weight is 301 g/mol. The van der Waals surface area contributed by atoms with E-state index in [0.29, 0.717) is 0 Å². The van der Waals surface area contributed by atoms with Crippen LogP contribution in [0, 0.1) is 0 Å². The summed E-state index contributed by atoms with van der Waals surface area (Å²) >= 11 is 0. The van der Waals surface area contributed by atoms with Gasteiger partial charge in [0.25, 0.3) is 0 Å². The van der Waals surface area contributed by atoms with Gasteiger partial charge in [0.2, 0.25) is 0 Å². The molecule has 1 aliphatic heterocycles. The van der Waals surface area contributed by atoms with Crippen molar-refractivity contribution in [2.75, 3.05) is 6.54 Å². The normalized spacial score (nSPS) is 19.9. The molecular formula is C19H27NO2. The van der Waals surface area contributed by atoms with Crippen LogP contribution in [-0.2, 0) is 4.74 Å². The Hall–Kier alpha value is -1.77. The van der Waals surface area contributed by atoms with E-state index in [1.165, 1.54) is 11.1 Å². The van der Waals surface area contributed by atoms with E-state index >= 15 is 0 Å². The third kappa shape index (κ3) is 4.62. The van der Waals surface area contributed by atoms with Gasteiger partial charge in [-0.2, -0.15) is 0 Å². The van der Waals surface area contributed by atoms with Gasteiger partial charge in [0.15, 0.2) is 0 Å². The lowest BCUT2D eigenvalue weighted by Crippen LogP contribution is -2.45. The molecule has 1 atom stereocenters. The number of hydrogen-bond acceptors (Lipinski definition) is 2. The van der Waals surface area contributed by atoms with Crippen molar-refractivity contribution in [1.82, 2.24) is 4.90 Å². The van der Waals surface area contributed by atoms with Gasteiger partial charge in [0.1, 0.15) is 5.60 Å². The van der Waals surface area contributed by atoms with E-state index in [2.05, 4.69) is 25.1 Å². The smallest absolute Gasteiger partial charge is 0.410 e. The van der Waals surface area contributed by atoms with Crippen molar-refractivity contribution in [3.8, 4) is 0 Å². The molecule has 0 aliphatic carbocycles. The Morgan fingerprint density at radius 2 is 1.91 bits per heavy atom. The van der Waals surface area contributed by atoms with Crippen LogP contribution in [0.4, 0.5) is 4.79 Å². The first-order chi connectivity index (χ1) is 10.4. The molecule has 120 valence electrons. The van der Waals surface area contributed by atoms with Crippen molar-refractivity contribution in [2.24, 2.45) is 0 Å². The summed E-state index contributed by atoms with van der Waals surface area (Å²) in [5.41, 5.74) is 1.97. The predicted octanol–water partition coefficient (Wildman–Crippen LogP) is 4.88. The van der Waals surface area contributed by atoms with Gasteiger partial charge in [-0.3, -0.25) is 0 Å². The van der Waals surface area contributed by atoms with Crippen LogP contribution in [0.5, 0.6) is 0 Å². The number of allylic oxidation sites excluding steroid dienone is 1. The molecule has 0 radical (unpaired) electrons. The topological polar surface area (TPSA) is 29.5 Å². The summed E-state index contributed by atoms with van der Waals surface area (Å²) in [6.07, 6.45) is 5.22. The van der Waals surface area contributed by atoms with Crippen LogP contribution in [0.3, 0.4) is 0 Å². The van der Waals surface area contributed by atoms with Gasteiger partial charge in [-0.15, -0.1) is 0 Å². The molecule has 0 N–H and O–H groups in total. The molecular weight excluding hydrogens is 274 g/mol. The Kier molecular flexibility index (Phi) is 5.28. The molecule has 1 aromatic carbocycles. The van der Waals surface area contributed by atoms with Gasteiger partial charge in [-0.25, -0.2) is 4.79 Å². The van der Waals surface area contributed by atoms with E-state index in [1.807, 2.05) is 43.9 Å². The summed E-state index contributed by atoms with van der Waals surface area (Å²) in [6, 6.07) is 10.4. The summed E-state index contributed by atoms with van der Waals surface area (Å²) in [7, 11) is 0. The molecule has 1 aromatic rings. The van der Waals surface area contributed by atoms with Crippen LogP contribution < -0.4 is 0 Å². The lowest BCUT2D eigenvalue weighted by molar-refractivity contribution is 0.0150. The molecule has 1 fully saturated rings. The van der Waals surface area contributed by atoms with E-state index in [1.54, 1.807) is 0 Å². The molecule has 2 rings (SSSR count). The number of nitrogens with zero attached hydrogens (tertiary/aromatic N) is 1. The number of amides is 1. The van der Waals surface area contributed by atoms with Gasteiger partial charge < -0.3 is 9.64 Å². The Balaban J connectivity index is 2.14. The average Bonchev–Trinajstić information content (AvgIpc) is 2.47. The first-order valence-electron chi connectivity index (χ1n) is 8.10. The van der Waals surface area contributed by atoms with Crippen LogP contribution in [0.15, 0.2) is 36.4 Å². The van der Waals surface area contributed by atoms with Crippen molar-refractivity contribution in [1.29, 1.82) is 0 Å². The lowest BCUT2D eigenvalue weighted by atomic mass is 9.98. The zero-order chi connectivity index (χ0) is 16.2. The Morgan fingerprint density at radius 1 is 1.23 bits per heavy atom. The van der Waals surface area contributed by atoms with Crippen LogP contribution in [0.2, 0.25) is 0 Å². The minimum atomic E-state index is -0.447. The highest BCUT2D eigenvalue weighted by Crippen LogP contribution is 2.24. The standard InChI is InChI=1S/C19H27NO2/c1-15(16-10-6-5-7-11-16)14-17-12-8-9-13-20(17)18(21)22-19(2,3)4/h5-7,10-11,14,17H,8-9,12-13H2,1-4H3. The second-order valence-electron chi connectivity index (χ2n) is 6.95. The molecule has 0 bridgehead atoms. The van der Waals surface area contributed by atoms with E-state index in [4.69, 9.17) is 4.74 Å². The highest BCUT2D eigenvalue weighted by atomic mass is 16.6. The van der Waals surface area contributed by atoms with Gasteiger partial charge in [0.05, 0.1) is 6.04 Å². The molecule has 0 aromatic heterocycles. The van der Waals surface area contributed by atoms with Gasteiger partial charge >= 0.3 is 6.09 Å². The monoisotopic (exact) mass is 301 g/mol. The largest absolute Gasteiger partial charge is 0.444 e. The van der Waals surface area contributed by atoms with Crippen molar-refractivity contribution in [3.63, 3.8) is 0 Å². The number of benzene rings is 1. The quantitative estimate of drug-likeness (QED) is 0.779. The first-order valence-corrected chi connectivity index (χ1v) is 8.10. The van der Waals surface area contributed by atoms with E-state index in [0.717, 1.165) is 25.8 Å². The van der Waals surface area contributed by atoms with Gasteiger partial charge in [-0.05, 0) is 58.1 Å². The van der Waals surface area contributed by atoms with Crippen molar-refractivity contribution in [3.05, 3.63) is 42.0 Å². The fourth-order valence-electron chi connectivity index (χ4n) is 2.76. The highest BCUT2D eigenvalue weighted by molar-refractivity contribution is 5.70. The summed E-state index contributed by atoms with van der Waals surface area (Å²) in [5.74, 6) is 0. The maximum Gasteiger partial charge on any atom is 0.410 e. The lowest BCUT2D eigenvalue weighted by Gasteiger charge is -2.35. The summed E-state index contributed by atoms with van der Waals surface area (Å²) in [6.45, 7) is 8.62. The molecule has 1 unspecified atom stereocenters. The van der Waals surface area contributed by atoms with Crippen LogP contribution in [-0.4, -0.2) is 29.2 Å². The van der Waals surface area contributed by atoms with E-state index < -0.39 is 5.60 Å². The van der Waals surface area contributed by atoms with Crippen LogP contribution >= 0.6 is 0 Å². The maximum atomic E-state index is 12.4. The number of ether oxygens (including phenoxy) is 1. The molecule has 3 nitrogen and oxygen atoms in total. The number of carbonyl (C=O) groups is 1. The van der Waals surface area contributed by atoms with Gasteiger partial charge in [0, 0.05) is 6.54 Å². The number of carbonyl (C=O) groups excluding carboxylic acids is 1. The van der Waals surface area contributed by atoms with Crippen LogP contribution in [0.1, 0.15) is 52.5 Å². The Bertz CT molecular complexity index is 528. The third-order valence-corrected chi connectivity index (χ3v) is 3.85. The Morgan fingerprint density at radius 3 is 2.55 bits per heavy atom. The highest BCUT2D eigenvalue weighted by Gasteiger charge is 2.29. The summed E-state index contributed by atoms with van der Waals surface area (Å²) in [5, 5.41) is 0. The zero-order valence-electron chi connectivity index (χ0n) is 14.1. The molecule has 1 saturated heterocycles. The van der Waals surface area contributed by atoms with E-state index in [-0.39, 0.29) is 12.1 Å². The molecule has 0 spiro atoms. The molecule has 1 amide bonds. The summed E-state index contributed by atoms with van der Waals surface area (Å²) in [4.78, 5) is 14.3. The Labute approximate surface area is 134 Å². The molecule has 3 heteroatoms. The molecule has 22 heavy (non-hydrogen) atoms. The predicted molar refractivity (Wildman–Crippen MR) is 90.7 cm³/mol. The number of piperidine rings is 1. The number of hydrogen-bond donors (Lipinski definition) is 0. The van der Waals surface area contributed by atoms with E-state index in [9.17, 15) is 4.79 Å². The minimum Gasteiger partial charge on any atom is -0.444 e. The fourth-order valence-corrected chi connectivity index (χ4v) is 2.76. The third-order valence-electron chi connectivity index (χ3n) is 3.85. The zero-order valence-corrected chi connectivity index (χ0v) is 14.1. The SMILES string of the molecule is CC(=CC1CCCCN1C(=O)OC(C)(C)C)c1ccccc1. The van der Waals surface area contributed by atoms with Crippen molar-refractivity contribution < 1.29 is 9.53 Å². The first kappa shape index (κ1) is 16.6. The van der Waals surface area contributed by atoms with Gasteiger partial charge in [-0.1, -0.05) is 36.4 Å². The molecule has 1 heterocycles. The molecule has 0 saturated carbocycles. The number of rotatable bonds is 2. The maximum absolute atomic E-state index is 12.4. The second-order valence-corrected chi connectivity index (χ2v) is 6.95. The van der Waals surface area contributed by atoms with Crippen molar-refractivity contribution in [2.45, 2.75) is 58.6 Å². The van der Waals surface area contributed by atoms with Crippen molar-refractivity contribution >= 4 is 11.7 Å². The minimum absolute atomic E-state index is 0.129. The summed E-state index contributed by atoms with van der Waals surface area (Å²) < 4.78 is 5.55. The second kappa shape index (κ2) is 6.99. The number of likely N-dealkylation sites (tertiary alicyclic amines) is 1. The van der Waals surface area contributed by atoms with Crippen LogP contribution in [0.25, 0.3) is 5.57 Å². The fraction of sp³-hybridized carbons (Fsp3) is 0.526.